The molecule has 2 N–H and O–H groups in total. The highest BCUT2D eigenvalue weighted by molar-refractivity contribution is 5.93. The summed E-state index contributed by atoms with van der Waals surface area (Å²) in [6.45, 7) is 2.31. The van der Waals surface area contributed by atoms with Crippen molar-refractivity contribution in [1.82, 2.24) is 9.55 Å². The molecule has 1 saturated carbocycles. The molecule has 5 nitrogen and oxygen atoms in total. The smallest absolute Gasteiger partial charge is 0.227 e. The summed E-state index contributed by atoms with van der Waals surface area (Å²) in [6.07, 6.45) is 6.27. The predicted molar refractivity (Wildman–Crippen MR) is 126 cm³/mol. The third kappa shape index (κ3) is 3.81. The molecule has 2 aromatic heterocycles. The number of aromatic nitrogens is 2. The second-order valence-corrected chi connectivity index (χ2v) is 8.63. The zero-order valence-corrected chi connectivity index (χ0v) is 17.9. The monoisotopic (exact) mass is 412 g/mol. The van der Waals surface area contributed by atoms with Gasteiger partial charge in [0, 0.05) is 42.5 Å². The van der Waals surface area contributed by atoms with Crippen molar-refractivity contribution in [3.8, 4) is 0 Å². The van der Waals surface area contributed by atoms with Crippen molar-refractivity contribution in [2.24, 2.45) is 5.73 Å². The van der Waals surface area contributed by atoms with Crippen LogP contribution in [0.1, 0.15) is 43.0 Å². The van der Waals surface area contributed by atoms with E-state index in [-0.39, 0.29) is 11.9 Å². The predicted octanol–water partition coefficient (Wildman–Crippen LogP) is 5.13. The first-order valence-electron chi connectivity index (χ1n) is 11.1. The minimum atomic E-state index is 0.0255. The SMILES string of the molecule is CC(=O)n1cc(CN(c2ccc3ccccc3n2)C2CCCC(N)C2)c2ccccc21. The highest BCUT2D eigenvalue weighted by Crippen LogP contribution is 2.31. The molecule has 2 unspecified atom stereocenters. The molecule has 5 rings (SSSR count). The summed E-state index contributed by atoms with van der Waals surface area (Å²) in [5.74, 6) is 0.995. The Hall–Kier alpha value is -3.18. The van der Waals surface area contributed by atoms with Gasteiger partial charge >= 0.3 is 0 Å². The number of rotatable bonds is 4. The normalized spacial score (nSPS) is 19.0. The molecule has 2 aromatic carbocycles. The number of nitrogens with two attached hydrogens (primary N) is 1. The molecule has 1 fully saturated rings. The van der Waals surface area contributed by atoms with Crippen LogP contribution in [0.25, 0.3) is 21.8 Å². The molecule has 0 radical (unpaired) electrons. The van der Waals surface area contributed by atoms with Crippen molar-refractivity contribution in [1.29, 1.82) is 0 Å². The van der Waals surface area contributed by atoms with Gasteiger partial charge in [-0.25, -0.2) is 4.98 Å². The van der Waals surface area contributed by atoms with Gasteiger partial charge in [-0.15, -0.1) is 0 Å². The van der Waals surface area contributed by atoms with Crippen LogP contribution in [-0.4, -0.2) is 27.5 Å². The molecule has 1 aliphatic rings. The van der Waals surface area contributed by atoms with E-state index < -0.39 is 0 Å². The van der Waals surface area contributed by atoms with E-state index >= 15 is 0 Å². The van der Waals surface area contributed by atoms with Crippen LogP contribution in [0.2, 0.25) is 0 Å². The molecule has 0 bridgehead atoms. The van der Waals surface area contributed by atoms with Crippen LogP contribution in [0.3, 0.4) is 0 Å². The topological polar surface area (TPSA) is 64.2 Å². The van der Waals surface area contributed by atoms with Gasteiger partial charge < -0.3 is 10.6 Å². The Kier molecular flexibility index (Phi) is 5.20. The van der Waals surface area contributed by atoms with Crippen LogP contribution in [0.15, 0.2) is 66.9 Å². The Bertz CT molecular complexity index is 1240. The van der Waals surface area contributed by atoms with Gasteiger partial charge in [0.25, 0.3) is 0 Å². The fourth-order valence-electron chi connectivity index (χ4n) is 4.92. The number of hydrogen-bond acceptors (Lipinski definition) is 4. The quantitative estimate of drug-likeness (QED) is 0.505. The number of fused-ring (bicyclic) bond motifs is 2. The van der Waals surface area contributed by atoms with Crippen LogP contribution in [0, 0.1) is 0 Å². The summed E-state index contributed by atoms with van der Waals surface area (Å²) in [7, 11) is 0. The maximum atomic E-state index is 12.2. The van der Waals surface area contributed by atoms with Crippen molar-refractivity contribution in [2.75, 3.05) is 4.90 Å². The minimum Gasteiger partial charge on any atom is -0.349 e. The van der Waals surface area contributed by atoms with Gasteiger partial charge in [-0.3, -0.25) is 9.36 Å². The fraction of sp³-hybridized carbons (Fsp3) is 0.308. The number of carbonyl (C=O) groups is 1. The summed E-state index contributed by atoms with van der Waals surface area (Å²) in [4.78, 5) is 19.6. The van der Waals surface area contributed by atoms with Crippen molar-refractivity contribution < 1.29 is 4.79 Å². The molecule has 1 aliphatic carbocycles. The molecule has 4 aromatic rings. The standard InChI is InChI=1S/C26H28N4O/c1-18(31)29-16-20(23-10-3-5-12-25(23)29)17-30(22-9-6-8-21(27)15-22)26-14-13-19-7-2-4-11-24(19)28-26/h2-5,7,10-14,16,21-22H,6,8-9,15,17,27H2,1H3. The molecule has 0 saturated heterocycles. The molecule has 2 atom stereocenters. The van der Waals surface area contributed by atoms with E-state index in [2.05, 4.69) is 35.2 Å². The summed E-state index contributed by atoms with van der Waals surface area (Å²) in [5, 5.41) is 2.25. The molecule has 0 amide bonds. The summed E-state index contributed by atoms with van der Waals surface area (Å²) in [6, 6.07) is 21.2. The third-order valence-electron chi connectivity index (χ3n) is 6.48. The molecule has 2 heterocycles. The van der Waals surface area contributed by atoms with E-state index in [1.165, 1.54) is 0 Å². The highest BCUT2D eigenvalue weighted by Gasteiger charge is 2.27. The molecule has 0 spiro atoms. The van der Waals surface area contributed by atoms with E-state index in [9.17, 15) is 4.79 Å². The number of nitrogens with zero attached hydrogens (tertiary/aromatic N) is 3. The first-order valence-corrected chi connectivity index (χ1v) is 11.1. The van der Waals surface area contributed by atoms with Gasteiger partial charge in [0.05, 0.1) is 11.0 Å². The van der Waals surface area contributed by atoms with Gasteiger partial charge in [-0.2, -0.15) is 0 Å². The first kappa shape index (κ1) is 19.8. The molecular weight excluding hydrogens is 384 g/mol. The van der Waals surface area contributed by atoms with Gasteiger partial charge in [0.15, 0.2) is 0 Å². The number of pyridine rings is 1. The Morgan fingerprint density at radius 1 is 1.10 bits per heavy atom. The minimum absolute atomic E-state index is 0.0255. The Balaban J connectivity index is 1.59. The number of benzene rings is 2. The number of carbonyl (C=O) groups excluding carboxylic acids is 1. The Morgan fingerprint density at radius 3 is 2.74 bits per heavy atom. The van der Waals surface area contributed by atoms with E-state index in [1.807, 2.05) is 36.5 Å². The van der Waals surface area contributed by atoms with E-state index in [0.29, 0.717) is 12.6 Å². The number of para-hydroxylation sites is 2. The van der Waals surface area contributed by atoms with E-state index in [0.717, 1.165) is 58.9 Å². The number of hydrogen-bond donors (Lipinski definition) is 1. The second-order valence-electron chi connectivity index (χ2n) is 8.63. The van der Waals surface area contributed by atoms with Crippen LogP contribution in [0.4, 0.5) is 5.82 Å². The fourth-order valence-corrected chi connectivity index (χ4v) is 4.92. The van der Waals surface area contributed by atoms with Crippen LogP contribution in [-0.2, 0) is 6.54 Å². The maximum Gasteiger partial charge on any atom is 0.227 e. The number of anilines is 1. The van der Waals surface area contributed by atoms with Crippen molar-refractivity contribution >= 4 is 33.5 Å². The zero-order valence-electron chi connectivity index (χ0n) is 17.9. The Labute approximate surface area is 182 Å². The lowest BCUT2D eigenvalue weighted by molar-refractivity contribution is 0.0941. The lowest BCUT2D eigenvalue weighted by Crippen LogP contribution is -2.42. The summed E-state index contributed by atoms with van der Waals surface area (Å²) >= 11 is 0. The second kappa shape index (κ2) is 8.16. The van der Waals surface area contributed by atoms with Crippen LogP contribution in [0.5, 0.6) is 0 Å². The van der Waals surface area contributed by atoms with Gasteiger partial charge in [-0.1, -0.05) is 36.4 Å². The first-order chi connectivity index (χ1) is 15.1. The van der Waals surface area contributed by atoms with Crippen LogP contribution >= 0.6 is 0 Å². The largest absolute Gasteiger partial charge is 0.349 e. The molecular formula is C26H28N4O. The lowest BCUT2D eigenvalue weighted by atomic mass is 9.90. The molecule has 31 heavy (non-hydrogen) atoms. The molecule has 5 heteroatoms. The average molecular weight is 413 g/mol. The van der Waals surface area contributed by atoms with E-state index in [1.54, 1.807) is 11.5 Å². The van der Waals surface area contributed by atoms with Gasteiger partial charge in [0.2, 0.25) is 5.91 Å². The maximum absolute atomic E-state index is 12.2. The molecule has 158 valence electrons. The average Bonchev–Trinajstić information content (AvgIpc) is 3.16. The zero-order chi connectivity index (χ0) is 21.4. The summed E-state index contributed by atoms with van der Waals surface area (Å²) < 4.78 is 1.75. The van der Waals surface area contributed by atoms with Gasteiger partial charge in [0.1, 0.15) is 5.82 Å². The van der Waals surface area contributed by atoms with E-state index in [4.69, 9.17) is 10.7 Å². The van der Waals surface area contributed by atoms with Crippen molar-refractivity contribution in [3.63, 3.8) is 0 Å². The summed E-state index contributed by atoms with van der Waals surface area (Å²) in [5.41, 5.74) is 9.45. The Morgan fingerprint density at radius 2 is 1.90 bits per heavy atom. The molecule has 0 aliphatic heterocycles. The highest BCUT2D eigenvalue weighted by atomic mass is 16.1. The van der Waals surface area contributed by atoms with Crippen LogP contribution < -0.4 is 10.6 Å². The van der Waals surface area contributed by atoms with Crippen molar-refractivity contribution in [2.45, 2.75) is 51.2 Å². The van der Waals surface area contributed by atoms with Crippen molar-refractivity contribution in [3.05, 3.63) is 72.4 Å². The lowest BCUT2D eigenvalue weighted by Gasteiger charge is -2.37. The van der Waals surface area contributed by atoms with Gasteiger partial charge in [-0.05, 0) is 55.5 Å². The third-order valence-corrected chi connectivity index (χ3v) is 6.48.